The number of phenols is 1. The highest BCUT2D eigenvalue weighted by Gasteiger charge is 3.08. The van der Waals surface area contributed by atoms with Gasteiger partial charge in [0.25, 0.3) is 0 Å². The summed E-state index contributed by atoms with van der Waals surface area (Å²) in [7, 11) is 2.26. The van der Waals surface area contributed by atoms with Crippen molar-refractivity contribution in [3.05, 3.63) is 23.3 Å². The van der Waals surface area contributed by atoms with Gasteiger partial charge in [0.1, 0.15) is 0 Å². The lowest BCUT2D eigenvalue weighted by Gasteiger charge is -2.52. The molecule has 5 heteroatoms. The number of carbonyl (C=O) groups excluding carboxylic acids is 1. The summed E-state index contributed by atoms with van der Waals surface area (Å²) < 4.78 is 6.39. The number of carbonyl (C=O) groups is 1. The Labute approximate surface area is 176 Å². The van der Waals surface area contributed by atoms with E-state index in [1.807, 2.05) is 0 Å². The van der Waals surface area contributed by atoms with Crippen LogP contribution in [0.1, 0.15) is 43.7 Å². The molecule has 1 aliphatic heterocycles. The van der Waals surface area contributed by atoms with E-state index in [0.29, 0.717) is 30.6 Å². The Kier molecular flexibility index (Phi) is 2.54. The number of aromatic hydroxyl groups is 1. The second-order valence-corrected chi connectivity index (χ2v) is 11.8. The Morgan fingerprint density at radius 1 is 1.30 bits per heavy atom. The van der Waals surface area contributed by atoms with Gasteiger partial charge in [0.05, 0.1) is 5.60 Å². The fraction of sp³-hybridized carbons (Fsp3) is 0.720. The standard InChI is InChI=1S/C25H29NO4/c1-22-17-9-14-13-5-6-15(27)18(14)30-21(22)16(28)7-8-24(22,29)25-19(23(17,25)10-13)20(25)26(2)11-12-3-4-12/h5-6,12,17,19-21,27,29H,3-4,7-11H2,1-2H3. The van der Waals surface area contributed by atoms with Crippen molar-refractivity contribution >= 4 is 5.78 Å². The van der Waals surface area contributed by atoms with Gasteiger partial charge in [-0.1, -0.05) is 13.0 Å². The summed E-state index contributed by atoms with van der Waals surface area (Å²) in [6, 6.07) is 4.24. The number of nitrogens with zero attached hydrogens (tertiary/aromatic N) is 1. The molecular formula is C25H29NO4. The van der Waals surface area contributed by atoms with E-state index in [9.17, 15) is 15.0 Å². The van der Waals surface area contributed by atoms with E-state index < -0.39 is 17.1 Å². The van der Waals surface area contributed by atoms with Crippen LogP contribution in [0.4, 0.5) is 0 Å². The predicted octanol–water partition coefficient (Wildman–Crippen LogP) is 2.31. The van der Waals surface area contributed by atoms with Crippen molar-refractivity contribution in [3.8, 4) is 11.5 Å². The number of phenolic OH excluding ortho intramolecular Hbond substituents is 1. The van der Waals surface area contributed by atoms with E-state index in [1.54, 1.807) is 6.07 Å². The van der Waals surface area contributed by atoms with Gasteiger partial charge in [-0.3, -0.25) is 4.79 Å². The molecule has 8 unspecified atom stereocenters. The van der Waals surface area contributed by atoms with Crippen LogP contribution in [-0.2, 0) is 17.6 Å². The molecule has 158 valence electrons. The fourth-order valence-electron chi connectivity index (χ4n) is 9.95. The summed E-state index contributed by atoms with van der Waals surface area (Å²) in [5, 5.41) is 23.1. The molecule has 0 amide bonds. The molecule has 30 heavy (non-hydrogen) atoms. The van der Waals surface area contributed by atoms with Gasteiger partial charge in [0.15, 0.2) is 23.4 Å². The average Bonchev–Trinajstić information content (AvgIpc) is 3.60. The van der Waals surface area contributed by atoms with Crippen molar-refractivity contribution in [2.24, 2.45) is 34.0 Å². The number of hydrogen-bond acceptors (Lipinski definition) is 5. The third-order valence-corrected chi connectivity index (χ3v) is 11.1. The molecule has 5 nitrogen and oxygen atoms in total. The first-order valence-electron chi connectivity index (χ1n) is 11.8. The lowest BCUT2D eigenvalue weighted by atomic mass is 9.55. The third kappa shape index (κ3) is 1.35. The number of hydrogen-bond donors (Lipinski definition) is 2. The quantitative estimate of drug-likeness (QED) is 0.805. The van der Waals surface area contributed by atoms with Crippen LogP contribution in [0.3, 0.4) is 0 Å². The predicted molar refractivity (Wildman–Crippen MR) is 108 cm³/mol. The maximum Gasteiger partial charge on any atom is 0.174 e. The molecular weight excluding hydrogens is 378 g/mol. The van der Waals surface area contributed by atoms with Gasteiger partial charge in [-0.15, -0.1) is 0 Å². The van der Waals surface area contributed by atoms with Crippen molar-refractivity contribution in [2.75, 3.05) is 13.6 Å². The first-order chi connectivity index (χ1) is 14.3. The molecule has 1 heterocycles. The molecule has 0 radical (unpaired) electrons. The second kappa shape index (κ2) is 4.47. The van der Waals surface area contributed by atoms with Crippen LogP contribution in [0.2, 0.25) is 0 Å². The Balaban J connectivity index is 1.35. The summed E-state index contributed by atoms with van der Waals surface area (Å²) in [6.07, 6.45) is 4.75. The zero-order valence-corrected chi connectivity index (χ0v) is 17.6. The van der Waals surface area contributed by atoms with Gasteiger partial charge in [0, 0.05) is 35.4 Å². The second-order valence-electron chi connectivity index (χ2n) is 11.8. The van der Waals surface area contributed by atoms with Crippen LogP contribution in [0, 0.1) is 34.0 Å². The summed E-state index contributed by atoms with van der Waals surface area (Å²) in [5.74, 6) is 2.35. The Morgan fingerprint density at radius 3 is 2.87 bits per heavy atom. The largest absolute Gasteiger partial charge is 0.504 e. The van der Waals surface area contributed by atoms with Crippen molar-refractivity contribution < 1.29 is 19.7 Å². The number of ether oxygens (including phenoxy) is 1. The molecule has 7 aliphatic rings. The van der Waals surface area contributed by atoms with Crippen LogP contribution in [-0.4, -0.2) is 52.2 Å². The van der Waals surface area contributed by atoms with Gasteiger partial charge >= 0.3 is 0 Å². The molecule has 1 aromatic carbocycles. The summed E-state index contributed by atoms with van der Waals surface area (Å²) in [6.45, 7) is 3.28. The summed E-state index contributed by atoms with van der Waals surface area (Å²) >= 11 is 0. The summed E-state index contributed by atoms with van der Waals surface area (Å²) in [4.78, 5) is 15.7. The van der Waals surface area contributed by atoms with Crippen LogP contribution in [0.15, 0.2) is 12.1 Å². The van der Waals surface area contributed by atoms with Crippen molar-refractivity contribution in [2.45, 2.75) is 63.2 Å². The highest BCUT2D eigenvalue weighted by Crippen LogP contribution is 3.03. The molecule has 2 spiro atoms. The number of benzene rings is 1. The lowest BCUT2D eigenvalue weighted by molar-refractivity contribution is -0.182. The monoisotopic (exact) mass is 407 g/mol. The maximum atomic E-state index is 13.2. The van der Waals surface area contributed by atoms with Crippen LogP contribution >= 0.6 is 0 Å². The van der Waals surface area contributed by atoms with Gasteiger partial charge in [-0.05, 0) is 74.0 Å². The normalized spacial score (nSPS) is 53.0. The molecule has 5 fully saturated rings. The SMILES string of the molecule is CN(CC1CC1)C1C2C34Cc5ccc(O)c6c5CC3C3(C)C(O6)C(=O)CCC3(O)C124. The van der Waals surface area contributed by atoms with E-state index in [2.05, 4.69) is 24.9 Å². The molecule has 2 N–H and O–H groups in total. The Bertz CT molecular complexity index is 1070. The number of Topliss-reactive ketones (excluding diaryl/α,β-unsaturated/α-hetero) is 1. The molecule has 6 aliphatic carbocycles. The molecule has 5 saturated carbocycles. The summed E-state index contributed by atoms with van der Waals surface area (Å²) in [5.41, 5.74) is 0.897. The average molecular weight is 408 g/mol. The minimum Gasteiger partial charge on any atom is -0.504 e. The van der Waals surface area contributed by atoms with E-state index in [4.69, 9.17) is 4.74 Å². The highest BCUT2D eigenvalue weighted by molar-refractivity contribution is 5.88. The smallest absolute Gasteiger partial charge is 0.174 e. The van der Waals surface area contributed by atoms with Crippen molar-refractivity contribution in [3.63, 3.8) is 0 Å². The molecule has 0 saturated heterocycles. The first-order valence-corrected chi connectivity index (χ1v) is 11.8. The van der Waals surface area contributed by atoms with E-state index in [-0.39, 0.29) is 28.3 Å². The highest BCUT2D eigenvalue weighted by atomic mass is 16.5. The van der Waals surface area contributed by atoms with Crippen molar-refractivity contribution in [1.82, 2.24) is 4.90 Å². The topological polar surface area (TPSA) is 70.0 Å². The van der Waals surface area contributed by atoms with E-state index in [0.717, 1.165) is 30.9 Å². The molecule has 0 aromatic heterocycles. The van der Waals surface area contributed by atoms with Gasteiger partial charge in [-0.2, -0.15) is 0 Å². The van der Waals surface area contributed by atoms with Crippen molar-refractivity contribution in [1.29, 1.82) is 0 Å². The van der Waals surface area contributed by atoms with E-state index >= 15 is 0 Å². The number of aliphatic hydroxyl groups is 1. The minimum atomic E-state index is -0.870. The molecule has 8 atom stereocenters. The number of rotatable bonds is 3. The number of ketones is 1. The Hall–Kier alpha value is -1.59. The molecule has 1 aromatic rings. The zero-order chi connectivity index (χ0) is 20.4. The van der Waals surface area contributed by atoms with Gasteiger partial charge < -0.3 is 19.8 Å². The maximum absolute atomic E-state index is 13.2. The first kappa shape index (κ1) is 17.0. The Morgan fingerprint density at radius 2 is 2.10 bits per heavy atom. The van der Waals surface area contributed by atoms with E-state index in [1.165, 1.54) is 18.4 Å². The fourth-order valence-corrected chi connectivity index (χ4v) is 9.95. The molecule has 2 bridgehead atoms. The molecule has 8 rings (SSSR count). The van der Waals surface area contributed by atoms with Crippen LogP contribution < -0.4 is 4.74 Å². The van der Waals surface area contributed by atoms with Crippen LogP contribution in [0.5, 0.6) is 11.5 Å². The van der Waals surface area contributed by atoms with Crippen LogP contribution in [0.25, 0.3) is 0 Å². The van der Waals surface area contributed by atoms with Gasteiger partial charge in [-0.25, -0.2) is 0 Å². The zero-order valence-electron chi connectivity index (χ0n) is 17.6. The lowest BCUT2D eigenvalue weighted by Crippen LogP contribution is -2.63. The van der Waals surface area contributed by atoms with Gasteiger partial charge in [0.2, 0.25) is 0 Å². The third-order valence-electron chi connectivity index (χ3n) is 11.1. The minimum absolute atomic E-state index is 0.0849.